The van der Waals surface area contributed by atoms with E-state index < -0.39 is 7.92 Å². The minimum absolute atomic E-state index is 0. The third-order valence-electron chi connectivity index (χ3n) is 11.9. The second kappa shape index (κ2) is 15.9. The number of hydrogen-bond acceptors (Lipinski definition) is 0. The van der Waals surface area contributed by atoms with Crippen molar-refractivity contribution in [2.45, 2.75) is 75.3 Å². The van der Waals surface area contributed by atoms with E-state index in [1.54, 1.807) is 31.6 Å². The molecule has 0 nitrogen and oxygen atoms in total. The first-order valence-electron chi connectivity index (χ1n) is 17.9. The third kappa shape index (κ3) is 7.28. The van der Waals surface area contributed by atoms with Gasteiger partial charge in [0.2, 0.25) is 0 Å². The van der Waals surface area contributed by atoms with Gasteiger partial charge < -0.3 is 0 Å². The summed E-state index contributed by atoms with van der Waals surface area (Å²) in [5, 5.41) is 4.38. The number of benzene rings is 3. The average molecular weight is 695 g/mol. The van der Waals surface area contributed by atoms with Crippen LogP contribution in [0.15, 0.2) is 84.9 Å². The van der Waals surface area contributed by atoms with Crippen molar-refractivity contribution in [3.05, 3.63) is 154 Å². The van der Waals surface area contributed by atoms with E-state index in [1.165, 1.54) is 53.1 Å². The van der Waals surface area contributed by atoms with Gasteiger partial charge >= 0.3 is 0 Å². The van der Waals surface area contributed by atoms with Crippen LogP contribution in [0.4, 0.5) is 0 Å². The molecule has 2 unspecified atom stereocenters. The maximum Gasteiger partial charge on any atom is 0.0171 e. The summed E-state index contributed by atoms with van der Waals surface area (Å²) >= 11 is 0. The second-order valence-corrected chi connectivity index (χ2v) is 19.7. The molecule has 0 aliphatic heterocycles. The zero-order valence-corrected chi connectivity index (χ0v) is 30.5. The Morgan fingerprint density at radius 1 is 0.553 bits per heavy atom. The Balaban J connectivity index is 0.000000538. The molecule has 7 atom stereocenters. The monoisotopic (exact) mass is 694 g/mol. The van der Waals surface area contributed by atoms with Gasteiger partial charge in [-0.2, -0.15) is 0 Å². The molecule has 0 spiro atoms. The second-order valence-electron chi connectivity index (χ2n) is 14.5. The molecule has 0 saturated heterocycles. The van der Waals surface area contributed by atoms with Crippen molar-refractivity contribution >= 4 is 31.8 Å². The molecule has 0 heterocycles. The number of rotatable bonds is 8. The van der Waals surface area contributed by atoms with Crippen molar-refractivity contribution in [3.63, 3.8) is 0 Å². The van der Waals surface area contributed by atoms with Gasteiger partial charge in [-0.05, 0) is 166 Å². The van der Waals surface area contributed by atoms with Gasteiger partial charge in [-0.15, -0.1) is 0 Å². The van der Waals surface area contributed by atoms with Crippen LogP contribution >= 0.6 is 15.8 Å². The standard InChI is InChI=1S/C39H43P2.C5H5.Fe/c1-27(40(38-25-28-19-21-30(38)23-28)39-26-29-20-22-31(39)24-29)34-16-10-17-35(34)36-15-8-9-18-37(36)41(32-11-4-2-5-12-32)33-13-6-3-7-14-33;1-2-4-5-3-1;/h2-18,27-31,38-39H,19-26H2,1H3;1-5H;/t27-,28-,29-,30+,31+,38?,39?,40?;;/m1../s1. The Morgan fingerprint density at radius 2 is 1.06 bits per heavy atom. The summed E-state index contributed by atoms with van der Waals surface area (Å²) in [6.45, 7) is 2.67. The van der Waals surface area contributed by atoms with E-state index in [9.17, 15) is 0 Å². The van der Waals surface area contributed by atoms with Crippen molar-refractivity contribution in [1.29, 1.82) is 0 Å². The first kappa shape index (κ1) is 34.5. The van der Waals surface area contributed by atoms with Crippen LogP contribution in [0.2, 0.25) is 0 Å². The molecule has 242 valence electrons. The molecule has 0 amide bonds. The quantitative estimate of drug-likeness (QED) is 0.163. The van der Waals surface area contributed by atoms with Crippen molar-refractivity contribution in [3.8, 4) is 0 Å². The smallest absolute Gasteiger partial charge is 0.0171 e. The maximum absolute atomic E-state index is 2.67. The molecular weight excluding hydrogens is 646 g/mol. The molecule has 6 aliphatic rings. The zero-order valence-electron chi connectivity index (χ0n) is 27.6. The molecule has 3 aromatic carbocycles. The predicted molar refractivity (Wildman–Crippen MR) is 200 cm³/mol. The first-order chi connectivity index (χ1) is 22.7. The van der Waals surface area contributed by atoms with E-state index in [4.69, 9.17) is 0 Å². The summed E-state index contributed by atoms with van der Waals surface area (Å²) < 4.78 is 0. The van der Waals surface area contributed by atoms with Crippen LogP contribution in [0, 0.1) is 86.9 Å². The fraction of sp³-hybridized carbons (Fsp3) is 0.364. The largest absolute Gasteiger partial charge is 0.0962 e. The van der Waals surface area contributed by atoms with Crippen molar-refractivity contribution < 1.29 is 17.1 Å². The number of fused-ring (bicyclic) bond motifs is 4. The Bertz CT molecular complexity index is 1330. The van der Waals surface area contributed by atoms with Gasteiger partial charge in [0.25, 0.3) is 0 Å². The van der Waals surface area contributed by atoms with E-state index in [1.807, 2.05) is 32.1 Å². The van der Waals surface area contributed by atoms with Crippen molar-refractivity contribution in [2.24, 2.45) is 23.7 Å². The Morgan fingerprint density at radius 3 is 1.55 bits per heavy atom. The maximum atomic E-state index is 2.67. The normalized spacial score (nSPS) is 31.1. The molecule has 47 heavy (non-hydrogen) atoms. The predicted octanol–water partition coefficient (Wildman–Crippen LogP) is 9.83. The molecule has 3 aromatic rings. The van der Waals surface area contributed by atoms with E-state index >= 15 is 0 Å². The van der Waals surface area contributed by atoms with E-state index in [-0.39, 0.29) is 25.0 Å². The van der Waals surface area contributed by atoms with Gasteiger partial charge in [-0.1, -0.05) is 113 Å². The number of hydrogen-bond donors (Lipinski definition) is 0. The van der Waals surface area contributed by atoms with Crippen LogP contribution in [0.5, 0.6) is 0 Å². The molecule has 9 rings (SSSR count). The Labute approximate surface area is 300 Å². The van der Waals surface area contributed by atoms with Crippen LogP contribution < -0.4 is 15.9 Å². The van der Waals surface area contributed by atoms with Crippen LogP contribution in [-0.4, -0.2) is 17.0 Å². The van der Waals surface area contributed by atoms with E-state index in [0.29, 0.717) is 5.66 Å². The fourth-order valence-electron chi connectivity index (χ4n) is 9.98. The van der Waals surface area contributed by atoms with Gasteiger partial charge in [-0.25, -0.2) is 0 Å². The molecule has 6 fully saturated rings. The van der Waals surface area contributed by atoms with Crippen molar-refractivity contribution in [1.82, 2.24) is 0 Å². The van der Waals surface area contributed by atoms with Gasteiger partial charge in [0, 0.05) is 23.0 Å². The third-order valence-corrected chi connectivity index (χ3v) is 18.4. The molecule has 4 bridgehead atoms. The fourth-order valence-corrected chi connectivity index (χ4v) is 17.2. The molecule has 3 heteroatoms. The SMILES string of the molecule is C[C@H]([C]1[CH][CH][CH][C]1c1ccccc1P(c1ccccc1)c1ccccc1)P(C1C[C@@H]2CC[C@H]1C2)C1C[C@@H]2CC[C@H]1C2.[CH]1[CH][CH][CH][CH]1.[Fe]. The van der Waals surface area contributed by atoms with Crippen LogP contribution in [0.25, 0.3) is 0 Å². The summed E-state index contributed by atoms with van der Waals surface area (Å²) in [6, 6.07) is 31.9. The summed E-state index contributed by atoms with van der Waals surface area (Å²) in [5.74, 6) is 7.32. The van der Waals surface area contributed by atoms with Crippen LogP contribution in [0.3, 0.4) is 0 Å². The van der Waals surface area contributed by atoms with Gasteiger partial charge in [-0.3, -0.25) is 0 Å². The van der Waals surface area contributed by atoms with Gasteiger partial charge in [0.05, 0.1) is 0 Å². The summed E-state index contributed by atoms with van der Waals surface area (Å²) in [4.78, 5) is 0. The van der Waals surface area contributed by atoms with Crippen molar-refractivity contribution in [2.75, 3.05) is 0 Å². The van der Waals surface area contributed by atoms with E-state index in [0.717, 1.165) is 35.0 Å². The minimum Gasteiger partial charge on any atom is -0.0962 e. The Kier molecular flexibility index (Phi) is 11.7. The van der Waals surface area contributed by atoms with Gasteiger partial charge in [0.15, 0.2) is 0 Å². The Hall–Kier alpha value is -0.961. The molecule has 6 aliphatic carbocycles. The topological polar surface area (TPSA) is 0 Å². The van der Waals surface area contributed by atoms with E-state index in [2.05, 4.69) is 111 Å². The van der Waals surface area contributed by atoms with Gasteiger partial charge in [0.1, 0.15) is 0 Å². The minimum atomic E-state index is -0.639. The molecule has 0 N–H and O–H groups in total. The molecule has 0 aromatic heterocycles. The molecular formula is C44H48FeP2. The average Bonchev–Trinajstić information content (AvgIpc) is 3.97. The summed E-state index contributed by atoms with van der Waals surface area (Å²) in [6.07, 6.45) is 29.7. The summed E-state index contributed by atoms with van der Waals surface area (Å²) in [5.41, 5.74) is 4.20. The first-order valence-corrected chi connectivity index (χ1v) is 20.8. The molecule has 10 radical (unpaired) electrons. The molecule has 6 saturated carbocycles. The zero-order chi connectivity index (χ0) is 30.9. The van der Waals surface area contributed by atoms with Crippen LogP contribution in [-0.2, 0) is 17.1 Å². The summed E-state index contributed by atoms with van der Waals surface area (Å²) in [7, 11) is -0.657. The van der Waals surface area contributed by atoms with Crippen LogP contribution in [0.1, 0.15) is 63.9 Å².